The van der Waals surface area contributed by atoms with Crippen molar-refractivity contribution in [3.05, 3.63) is 89.5 Å². The molecule has 0 aliphatic rings. The van der Waals surface area contributed by atoms with Crippen molar-refractivity contribution in [1.29, 1.82) is 0 Å². The lowest BCUT2D eigenvalue weighted by molar-refractivity contribution is -0.132. The highest BCUT2D eigenvalue weighted by Gasteiger charge is 2.19. The van der Waals surface area contributed by atoms with Crippen molar-refractivity contribution in [1.82, 2.24) is 4.90 Å². The highest BCUT2D eigenvalue weighted by atomic mass is 16.5. The van der Waals surface area contributed by atoms with Crippen LogP contribution in [0.15, 0.2) is 72.8 Å². The minimum Gasteiger partial charge on any atom is -0.497 e. The summed E-state index contributed by atoms with van der Waals surface area (Å²) in [5.41, 5.74) is 3.04. The van der Waals surface area contributed by atoms with Crippen LogP contribution in [0.1, 0.15) is 30.5 Å². The van der Waals surface area contributed by atoms with E-state index in [1.165, 1.54) is 0 Å². The van der Waals surface area contributed by atoms with Crippen molar-refractivity contribution < 1.29 is 19.0 Å². The third kappa shape index (κ3) is 6.27. The van der Waals surface area contributed by atoms with Gasteiger partial charge in [0.05, 0.1) is 20.6 Å². The standard InChI is InChI=1S/C27H31NO4/c1-20(2)28(27(29)17-21-10-13-24(30-3)14-11-21)18-23-12-15-25(26(16-23)31-4)32-19-22-8-6-5-7-9-22/h5-16,20H,17-19H2,1-4H3. The Kier molecular flexibility index (Phi) is 8.14. The Balaban J connectivity index is 1.68. The topological polar surface area (TPSA) is 48.0 Å². The fraction of sp³-hybridized carbons (Fsp3) is 0.296. The number of amides is 1. The molecule has 3 aromatic carbocycles. The van der Waals surface area contributed by atoms with Gasteiger partial charge in [-0.2, -0.15) is 0 Å². The predicted octanol–water partition coefficient (Wildman–Crippen LogP) is 5.26. The zero-order chi connectivity index (χ0) is 22.9. The molecule has 0 N–H and O–H groups in total. The molecule has 0 atom stereocenters. The molecular formula is C27H31NO4. The van der Waals surface area contributed by atoms with Gasteiger partial charge in [-0.25, -0.2) is 0 Å². The first-order chi connectivity index (χ1) is 15.5. The third-order valence-electron chi connectivity index (χ3n) is 5.28. The van der Waals surface area contributed by atoms with E-state index in [9.17, 15) is 4.79 Å². The molecule has 5 nitrogen and oxygen atoms in total. The number of methoxy groups -OCH3 is 2. The van der Waals surface area contributed by atoms with Gasteiger partial charge in [-0.3, -0.25) is 4.79 Å². The van der Waals surface area contributed by atoms with Crippen LogP contribution in [0.25, 0.3) is 0 Å². The first kappa shape index (κ1) is 23.2. The highest BCUT2D eigenvalue weighted by Crippen LogP contribution is 2.29. The van der Waals surface area contributed by atoms with Crippen molar-refractivity contribution in [2.45, 2.75) is 39.5 Å². The van der Waals surface area contributed by atoms with Crippen molar-refractivity contribution in [3.63, 3.8) is 0 Å². The van der Waals surface area contributed by atoms with E-state index in [4.69, 9.17) is 14.2 Å². The number of carbonyl (C=O) groups is 1. The Hall–Kier alpha value is -3.47. The molecule has 0 spiro atoms. The predicted molar refractivity (Wildman–Crippen MR) is 126 cm³/mol. The fourth-order valence-corrected chi connectivity index (χ4v) is 3.44. The summed E-state index contributed by atoms with van der Waals surface area (Å²) in [6.45, 7) is 5.03. The molecule has 168 valence electrons. The minimum absolute atomic E-state index is 0.0701. The van der Waals surface area contributed by atoms with Crippen molar-refractivity contribution in [3.8, 4) is 17.2 Å². The van der Waals surface area contributed by atoms with Gasteiger partial charge >= 0.3 is 0 Å². The second-order valence-corrected chi connectivity index (χ2v) is 7.90. The molecule has 0 unspecified atom stereocenters. The zero-order valence-corrected chi connectivity index (χ0v) is 19.2. The molecule has 0 saturated carbocycles. The SMILES string of the molecule is COc1ccc(CC(=O)N(Cc2ccc(OCc3ccccc3)c(OC)c2)C(C)C)cc1. The second kappa shape index (κ2) is 11.2. The Bertz CT molecular complexity index is 1000. The lowest BCUT2D eigenvalue weighted by Gasteiger charge is -2.27. The zero-order valence-electron chi connectivity index (χ0n) is 19.2. The number of ether oxygens (including phenoxy) is 3. The van der Waals surface area contributed by atoms with Crippen LogP contribution < -0.4 is 14.2 Å². The first-order valence-corrected chi connectivity index (χ1v) is 10.8. The average Bonchev–Trinajstić information content (AvgIpc) is 2.82. The minimum atomic E-state index is 0.0701. The van der Waals surface area contributed by atoms with Crippen LogP contribution >= 0.6 is 0 Å². The molecule has 0 heterocycles. The van der Waals surface area contributed by atoms with E-state index in [-0.39, 0.29) is 11.9 Å². The lowest BCUT2D eigenvalue weighted by atomic mass is 10.1. The molecule has 1 amide bonds. The Morgan fingerprint density at radius 1 is 0.812 bits per heavy atom. The van der Waals surface area contributed by atoms with Gasteiger partial charge in [-0.05, 0) is 54.8 Å². The number of nitrogens with zero attached hydrogens (tertiary/aromatic N) is 1. The lowest BCUT2D eigenvalue weighted by Crippen LogP contribution is -2.37. The number of hydrogen-bond acceptors (Lipinski definition) is 4. The summed E-state index contributed by atoms with van der Waals surface area (Å²) in [5, 5.41) is 0. The fourth-order valence-electron chi connectivity index (χ4n) is 3.44. The summed E-state index contributed by atoms with van der Waals surface area (Å²) in [7, 11) is 3.26. The van der Waals surface area contributed by atoms with E-state index in [2.05, 4.69) is 0 Å². The normalized spacial score (nSPS) is 10.7. The smallest absolute Gasteiger partial charge is 0.227 e. The Morgan fingerprint density at radius 3 is 2.12 bits per heavy atom. The monoisotopic (exact) mass is 433 g/mol. The van der Waals surface area contributed by atoms with Gasteiger partial charge in [0.2, 0.25) is 5.91 Å². The molecular weight excluding hydrogens is 402 g/mol. The van der Waals surface area contributed by atoms with Crippen LogP contribution in [-0.2, 0) is 24.4 Å². The van der Waals surface area contributed by atoms with Crippen LogP contribution in [0, 0.1) is 0 Å². The highest BCUT2D eigenvalue weighted by molar-refractivity contribution is 5.79. The quantitative estimate of drug-likeness (QED) is 0.437. The third-order valence-corrected chi connectivity index (χ3v) is 5.28. The summed E-state index contributed by atoms with van der Waals surface area (Å²) in [6.07, 6.45) is 0.345. The maximum atomic E-state index is 13.0. The summed E-state index contributed by atoms with van der Waals surface area (Å²) < 4.78 is 16.7. The van der Waals surface area contributed by atoms with E-state index in [1.54, 1.807) is 14.2 Å². The maximum Gasteiger partial charge on any atom is 0.227 e. The van der Waals surface area contributed by atoms with Gasteiger partial charge in [0.1, 0.15) is 12.4 Å². The van der Waals surface area contributed by atoms with Crippen LogP contribution in [-0.4, -0.2) is 31.1 Å². The van der Waals surface area contributed by atoms with E-state index in [0.717, 1.165) is 22.4 Å². The van der Waals surface area contributed by atoms with Crippen LogP contribution in [0.4, 0.5) is 0 Å². The average molecular weight is 434 g/mol. The van der Waals surface area contributed by atoms with Crippen LogP contribution in [0.3, 0.4) is 0 Å². The van der Waals surface area contributed by atoms with Gasteiger partial charge in [0.25, 0.3) is 0 Å². The molecule has 3 aromatic rings. The number of carbonyl (C=O) groups excluding carboxylic acids is 1. The number of benzene rings is 3. The molecule has 0 fully saturated rings. The molecule has 0 aliphatic carbocycles. The molecule has 0 saturated heterocycles. The molecule has 5 heteroatoms. The van der Waals surface area contributed by atoms with Gasteiger partial charge in [0, 0.05) is 12.6 Å². The van der Waals surface area contributed by atoms with Gasteiger partial charge in [0.15, 0.2) is 11.5 Å². The maximum absolute atomic E-state index is 13.0. The number of rotatable bonds is 10. The van der Waals surface area contributed by atoms with E-state index in [0.29, 0.717) is 31.1 Å². The van der Waals surface area contributed by atoms with Crippen LogP contribution in [0.2, 0.25) is 0 Å². The molecule has 0 radical (unpaired) electrons. The summed E-state index contributed by atoms with van der Waals surface area (Å²) in [6, 6.07) is 23.5. The van der Waals surface area contributed by atoms with Crippen LogP contribution in [0.5, 0.6) is 17.2 Å². The van der Waals surface area contributed by atoms with Crippen molar-refractivity contribution in [2.24, 2.45) is 0 Å². The molecule has 0 aromatic heterocycles. The molecule has 32 heavy (non-hydrogen) atoms. The second-order valence-electron chi connectivity index (χ2n) is 7.90. The largest absolute Gasteiger partial charge is 0.497 e. The van der Waals surface area contributed by atoms with Crippen molar-refractivity contribution in [2.75, 3.05) is 14.2 Å². The molecule has 0 aliphatic heterocycles. The van der Waals surface area contributed by atoms with E-state index >= 15 is 0 Å². The first-order valence-electron chi connectivity index (χ1n) is 10.8. The summed E-state index contributed by atoms with van der Waals surface area (Å²) >= 11 is 0. The van der Waals surface area contributed by atoms with Gasteiger partial charge in [-0.1, -0.05) is 48.5 Å². The molecule has 3 rings (SSSR count). The molecule has 0 bridgehead atoms. The number of hydrogen-bond donors (Lipinski definition) is 0. The van der Waals surface area contributed by atoms with Gasteiger partial charge in [-0.15, -0.1) is 0 Å². The Labute approximate surface area is 190 Å². The van der Waals surface area contributed by atoms with Crippen molar-refractivity contribution >= 4 is 5.91 Å². The Morgan fingerprint density at radius 2 is 1.50 bits per heavy atom. The van der Waals surface area contributed by atoms with E-state index in [1.807, 2.05) is 91.5 Å². The summed E-state index contributed by atoms with van der Waals surface area (Å²) in [4.78, 5) is 14.9. The van der Waals surface area contributed by atoms with Gasteiger partial charge < -0.3 is 19.1 Å². The van der Waals surface area contributed by atoms with E-state index < -0.39 is 0 Å². The summed E-state index contributed by atoms with van der Waals surface area (Å²) in [5.74, 6) is 2.20.